The molecule has 1 aromatic heterocycles. The SMILES string of the molecule is C=CCCC(=O)Nc1cccnc1C(=O)O. The zero-order valence-electron chi connectivity index (χ0n) is 8.64. The average Bonchev–Trinajstić information content (AvgIpc) is 2.27. The second kappa shape index (κ2) is 5.65. The van der Waals surface area contributed by atoms with Gasteiger partial charge in [0.1, 0.15) is 0 Å². The number of nitrogens with one attached hydrogen (secondary N) is 1. The van der Waals surface area contributed by atoms with E-state index in [2.05, 4.69) is 16.9 Å². The highest BCUT2D eigenvalue weighted by Gasteiger charge is 2.12. The van der Waals surface area contributed by atoms with Crippen molar-refractivity contribution in [3.63, 3.8) is 0 Å². The number of anilines is 1. The molecule has 0 aromatic carbocycles. The quantitative estimate of drug-likeness (QED) is 0.740. The molecule has 5 heteroatoms. The molecule has 2 N–H and O–H groups in total. The van der Waals surface area contributed by atoms with Gasteiger partial charge in [0.25, 0.3) is 0 Å². The average molecular weight is 220 g/mol. The van der Waals surface area contributed by atoms with Crippen LogP contribution in [0.15, 0.2) is 31.0 Å². The van der Waals surface area contributed by atoms with E-state index in [-0.39, 0.29) is 23.7 Å². The molecule has 84 valence electrons. The summed E-state index contributed by atoms with van der Waals surface area (Å²) in [6.45, 7) is 3.50. The number of carboxylic acid groups (broad SMARTS) is 1. The van der Waals surface area contributed by atoms with Gasteiger partial charge in [-0.2, -0.15) is 0 Å². The van der Waals surface area contributed by atoms with E-state index >= 15 is 0 Å². The summed E-state index contributed by atoms with van der Waals surface area (Å²) < 4.78 is 0. The van der Waals surface area contributed by atoms with Crippen molar-refractivity contribution in [1.29, 1.82) is 0 Å². The molecule has 0 radical (unpaired) electrons. The van der Waals surface area contributed by atoms with Gasteiger partial charge in [-0.25, -0.2) is 9.78 Å². The fraction of sp³-hybridized carbons (Fsp3) is 0.182. The number of nitrogens with zero attached hydrogens (tertiary/aromatic N) is 1. The maximum absolute atomic E-state index is 11.4. The minimum absolute atomic E-state index is 0.158. The molecule has 1 aromatic rings. The van der Waals surface area contributed by atoms with Gasteiger partial charge >= 0.3 is 5.97 Å². The van der Waals surface area contributed by atoms with Gasteiger partial charge in [0.15, 0.2) is 5.69 Å². The van der Waals surface area contributed by atoms with Crippen molar-refractivity contribution in [2.75, 3.05) is 5.32 Å². The van der Waals surface area contributed by atoms with Gasteiger partial charge in [0.05, 0.1) is 5.69 Å². The van der Waals surface area contributed by atoms with Crippen LogP contribution in [0.5, 0.6) is 0 Å². The minimum atomic E-state index is -1.17. The zero-order chi connectivity index (χ0) is 12.0. The third-order valence-corrected chi connectivity index (χ3v) is 1.86. The van der Waals surface area contributed by atoms with Crippen LogP contribution < -0.4 is 5.32 Å². The molecule has 1 rings (SSSR count). The standard InChI is InChI=1S/C11H12N2O3/c1-2-3-6-9(14)13-8-5-4-7-12-10(8)11(15)16/h2,4-5,7H,1,3,6H2,(H,13,14)(H,15,16). The number of aromatic nitrogens is 1. The first-order chi connectivity index (χ1) is 7.65. The molecule has 5 nitrogen and oxygen atoms in total. The lowest BCUT2D eigenvalue weighted by Crippen LogP contribution is -2.14. The monoisotopic (exact) mass is 220 g/mol. The number of hydrogen-bond acceptors (Lipinski definition) is 3. The van der Waals surface area contributed by atoms with E-state index in [1.165, 1.54) is 12.3 Å². The molecule has 0 aliphatic heterocycles. The summed E-state index contributed by atoms with van der Waals surface area (Å²) in [5.74, 6) is -1.42. The highest BCUT2D eigenvalue weighted by Crippen LogP contribution is 2.12. The summed E-state index contributed by atoms with van der Waals surface area (Å²) in [5.41, 5.74) is 0.0542. The summed E-state index contributed by atoms with van der Waals surface area (Å²) in [6, 6.07) is 3.07. The van der Waals surface area contributed by atoms with Crippen LogP contribution >= 0.6 is 0 Å². The number of carbonyl (C=O) groups is 2. The molecule has 1 heterocycles. The van der Waals surface area contributed by atoms with Gasteiger partial charge in [0.2, 0.25) is 5.91 Å². The van der Waals surface area contributed by atoms with Gasteiger partial charge in [0, 0.05) is 12.6 Å². The maximum atomic E-state index is 11.4. The van der Waals surface area contributed by atoms with Crippen LogP contribution in [0.1, 0.15) is 23.3 Å². The molecule has 0 aliphatic rings. The number of rotatable bonds is 5. The lowest BCUT2D eigenvalue weighted by molar-refractivity contribution is -0.116. The topological polar surface area (TPSA) is 79.3 Å². The zero-order valence-corrected chi connectivity index (χ0v) is 8.64. The largest absolute Gasteiger partial charge is 0.476 e. The molecule has 0 atom stereocenters. The van der Waals surface area contributed by atoms with Crippen molar-refractivity contribution in [2.45, 2.75) is 12.8 Å². The highest BCUT2D eigenvalue weighted by molar-refractivity contribution is 5.98. The van der Waals surface area contributed by atoms with E-state index in [0.717, 1.165) is 0 Å². The van der Waals surface area contributed by atoms with Gasteiger partial charge < -0.3 is 10.4 Å². The van der Waals surface area contributed by atoms with E-state index in [9.17, 15) is 9.59 Å². The third kappa shape index (κ3) is 3.20. The molecular formula is C11H12N2O3. The molecule has 1 amide bonds. The van der Waals surface area contributed by atoms with Gasteiger partial charge in [-0.05, 0) is 18.6 Å². The van der Waals surface area contributed by atoms with Crippen molar-refractivity contribution in [1.82, 2.24) is 4.98 Å². The Kier molecular flexibility index (Phi) is 4.20. The highest BCUT2D eigenvalue weighted by atomic mass is 16.4. The third-order valence-electron chi connectivity index (χ3n) is 1.86. The van der Waals surface area contributed by atoms with Crippen LogP contribution in [0, 0.1) is 0 Å². The predicted octanol–water partition coefficient (Wildman–Crippen LogP) is 1.68. The number of carboxylic acids is 1. The summed E-state index contributed by atoms with van der Waals surface area (Å²) in [6.07, 6.45) is 3.82. The Labute approximate surface area is 92.8 Å². The molecule has 16 heavy (non-hydrogen) atoms. The van der Waals surface area contributed by atoms with Crippen LogP contribution in [0.25, 0.3) is 0 Å². The van der Waals surface area contributed by atoms with Crippen LogP contribution in [0.2, 0.25) is 0 Å². The summed E-state index contributed by atoms with van der Waals surface area (Å²) in [4.78, 5) is 25.8. The molecule has 0 bridgehead atoms. The van der Waals surface area contributed by atoms with Crippen LogP contribution in [0.3, 0.4) is 0 Å². The van der Waals surface area contributed by atoms with Crippen molar-refractivity contribution in [3.05, 3.63) is 36.7 Å². The van der Waals surface area contributed by atoms with Crippen molar-refractivity contribution in [2.24, 2.45) is 0 Å². The van der Waals surface area contributed by atoms with Crippen LogP contribution in [-0.2, 0) is 4.79 Å². The van der Waals surface area contributed by atoms with Gasteiger partial charge in [-0.15, -0.1) is 6.58 Å². The second-order valence-corrected chi connectivity index (χ2v) is 3.08. The smallest absolute Gasteiger partial charge is 0.356 e. The molecule has 0 fully saturated rings. The fourth-order valence-electron chi connectivity index (χ4n) is 1.12. The van der Waals surface area contributed by atoms with Crippen LogP contribution in [-0.4, -0.2) is 22.0 Å². The maximum Gasteiger partial charge on any atom is 0.356 e. The predicted molar refractivity (Wildman–Crippen MR) is 59.3 cm³/mol. The fourth-order valence-corrected chi connectivity index (χ4v) is 1.12. The Morgan fingerprint density at radius 2 is 2.31 bits per heavy atom. The Morgan fingerprint density at radius 1 is 1.56 bits per heavy atom. The van der Waals surface area contributed by atoms with Gasteiger partial charge in [-0.1, -0.05) is 6.08 Å². The van der Waals surface area contributed by atoms with Crippen molar-refractivity contribution < 1.29 is 14.7 Å². The van der Waals surface area contributed by atoms with E-state index < -0.39 is 5.97 Å². The second-order valence-electron chi connectivity index (χ2n) is 3.08. The Morgan fingerprint density at radius 3 is 2.94 bits per heavy atom. The van der Waals surface area contributed by atoms with Crippen LogP contribution in [0.4, 0.5) is 5.69 Å². The molecule has 0 saturated carbocycles. The molecule has 0 saturated heterocycles. The molecule has 0 spiro atoms. The lowest BCUT2D eigenvalue weighted by atomic mass is 10.2. The number of pyridine rings is 1. The van der Waals surface area contributed by atoms with Crippen molar-refractivity contribution >= 4 is 17.6 Å². The van der Waals surface area contributed by atoms with Crippen molar-refractivity contribution in [3.8, 4) is 0 Å². The number of hydrogen-bond donors (Lipinski definition) is 2. The first-order valence-corrected chi connectivity index (χ1v) is 4.74. The first-order valence-electron chi connectivity index (χ1n) is 4.74. The van der Waals surface area contributed by atoms with E-state index in [4.69, 9.17) is 5.11 Å². The first kappa shape index (κ1) is 11.9. The summed E-state index contributed by atoms with van der Waals surface area (Å²) in [5, 5.41) is 11.3. The molecular weight excluding hydrogens is 208 g/mol. The van der Waals surface area contributed by atoms with E-state index in [1.807, 2.05) is 0 Å². The number of allylic oxidation sites excluding steroid dienone is 1. The van der Waals surface area contributed by atoms with E-state index in [1.54, 1.807) is 12.1 Å². The molecule has 0 unspecified atom stereocenters. The van der Waals surface area contributed by atoms with E-state index in [0.29, 0.717) is 6.42 Å². The Hall–Kier alpha value is -2.17. The minimum Gasteiger partial charge on any atom is -0.476 e. The summed E-state index contributed by atoms with van der Waals surface area (Å²) >= 11 is 0. The normalized spacial score (nSPS) is 9.50. The van der Waals surface area contributed by atoms with Gasteiger partial charge in [-0.3, -0.25) is 4.79 Å². The molecule has 0 aliphatic carbocycles. The lowest BCUT2D eigenvalue weighted by Gasteiger charge is -2.06. The Bertz CT molecular complexity index is 415. The number of aromatic carboxylic acids is 1. The number of carbonyl (C=O) groups excluding carboxylic acids is 1. The number of amides is 1. The summed E-state index contributed by atoms with van der Waals surface area (Å²) in [7, 11) is 0. The Balaban J connectivity index is 2.76.